The minimum atomic E-state index is -0.339. The van der Waals surface area contributed by atoms with Crippen LogP contribution in [0.3, 0.4) is 0 Å². The highest BCUT2D eigenvalue weighted by Crippen LogP contribution is 2.27. The van der Waals surface area contributed by atoms with Gasteiger partial charge in [-0.25, -0.2) is 9.37 Å². The van der Waals surface area contributed by atoms with E-state index in [1.54, 1.807) is 12.1 Å². The van der Waals surface area contributed by atoms with Crippen LogP contribution < -0.4 is 5.73 Å². The molecule has 2 heterocycles. The van der Waals surface area contributed by atoms with E-state index in [0.29, 0.717) is 6.42 Å². The highest BCUT2D eigenvalue weighted by molar-refractivity contribution is 7.15. The van der Waals surface area contributed by atoms with Crippen LogP contribution in [-0.2, 0) is 6.42 Å². The number of halogens is 1. The molecule has 3 aromatic rings. The molecule has 3 N–H and O–H groups in total. The van der Waals surface area contributed by atoms with Crippen molar-refractivity contribution in [2.75, 3.05) is 6.61 Å². The molecule has 0 bridgehead atoms. The molecule has 6 heteroatoms. The van der Waals surface area contributed by atoms with E-state index in [-0.39, 0.29) is 18.5 Å². The number of imidazole rings is 1. The number of nitrogens with zero attached hydrogens (tertiary/aromatic N) is 2. The number of aromatic nitrogens is 2. The van der Waals surface area contributed by atoms with E-state index in [1.165, 1.54) is 23.5 Å². The molecule has 4 nitrogen and oxygen atoms in total. The Kier molecular flexibility index (Phi) is 3.52. The summed E-state index contributed by atoms with van der Waals surface area (Å²) in [5, 5.41) is 11.1. The first-order valence-corrected chi connectivity index (χ1v) is 7.14. The highest BCUT2D eigenvalue weighted by atomic mass is 32.1. The standard InChI is InChI=1S/C14H14FN3OS/c15-10-3-1-9(2-4-10)13-12(7-11(16)8-19)18-5-6-20-14(18)17-13/h1-6,11,19H,7-8,16H2. The quantitative estimate of drug-likeness (QED) is 0.773. The summed E-state index contributed by atoms with van der Waals surface area (Å²) < 4.78 is 15.0. The van der Waals surface area contributed by atoms with Crippen LogP contribution in [0.1, 0.15) is 5.69 Å². The molecule has 0 aliphatic carbocycles. The molecule has 3 rings (SSSR count). The van der Waals surface area contributed by atoms with Crippen molar-refractivity contribution in [2.45, 2.75) is 12.5 Å². The van der Waals surface area contributed by atoms with Crippen LogP contribution in [0.25, 0.3) is 16.2 Å². The van der Waals surface area contributed by atoms with Gasteiger partial charge in [-0.2, -0.15) is 0 Å². The van der Waals surface area contributed by atoms with E-state index in [2.05, 4.69) is 4.98 Å². The van der Waals surface area contributed by atoms with Gasteiger partial charge in [0, 0.05) is 29.6 Å². The Labute approximate surface area is 119 Å². The first-order valence-electron chi connectivity index (χ1n) is 6.26. The zero-order valence-corrected chi connectivity index (χ0v) is 11.5. The molecule has 104 valence electrons. The van der Waals surface area contributed by atoms with Crippen molar-refractivity contribution in [3.05, 3.63) is 47.4 Å². The molecule has 0 aliphatic rings. The molecular formula is C14H14FN3OS. The third kappa shape index (κ3) is 2.33. The Morgan fingerprint density at radius 1 is 1.35 bits per heavy atom. The van der Waals surface area contributed by atoms with Crippen LogP contribution in [-0.4, -0.2) is 27.1 Å². The molecule has 0 fully saturated rings. The van der Waals surface area contributed by atoms with Gasteiger partial charge >= 0.3 is 0 Å². The average Bonchev–Trinajstić information content (AvgIpc) is 3.02. The topological polar surface area (TPSA) is 63.5 Å². The van der Waals surface area contributed by atoms with Gasteiger partial charge in [0.05, 0.1) is 18.0 Å². The molecule has 20 heavy (non-hydrogen) atoms. The lowest BCUT2D eigenvalue weighted by atomic mass is 10.1. The smallest absolute Gasteiger partial charge is 0.194 e. The Morgan fingerprint density at radius 3 is 2.80 bits per heavy atom. The monoisotopic (exact) mass is 291 g/mol. The number of hydrogen-bond acceptors (Lipinski definition) is 4. The lowest BCUT2D eigenvalue weighted by Crippen LogP contribution is -2.27. The van der Waals surface area contributed by atoms with Gasteiger partial charge in [-0.3, -0.25) is 4.40 Å². The maximum absolute atomic E-state index is 13.0. The number of aliphatic hydroxyl groups excluding tert-OH is 1. The molecule has 1 unspecified atom stereocenters. The second-order valence-corrected chi connectivity index (χ2v) is 5.49. The first kappa shape index (κ1) is 13.2. The van der Waals surface area contributed by atoms with Gasteiger partial charge in [-0.1, -0.05) is 0 Å². The molecule has 0 amide bonds. The van der Waals surface area contributed by atoms with Crippen molar-refractivity contribution in [1.82, 2.24) is 9.38 Å². The molecule has 0 aliphatic heterocycles. The largest absolute Gasteiger partial charge is 0.395 e. The Bertz CT molecular complexity index is 720. The van der Waals surface area contributed by atoms with Gasteiger partial charge in [0.2, 0.25) is 0 Å². The Balaban J connectivity index is 2.11. The van der Waals surface area contributed by atoms with Gasteiger partial charge in [-0.05, 0) is 24.3 Å². The number of thiazole rings is 1. The molecule has 0 radical (unpaired) electrons. The van der Waals surface area contributed by atoms with Crippen LogP contribution in [0.15, 0.2) is 35.8 Å². The SMILES string of the molecule is NC(CO)Cc1c(-c2ccc(F)cc2)nc2sccn12. The van der Waals surface area contributed by atoms with Crippen molar-refractivity contribution < 1.29 is 9.50 Å². The van der Waals surface area contributed by atoms with Crippen LogP contribution in [0.5, 0.6) is 0 Å². The molecule has 0 saturated heterocycles. The average molecular weight is 291 g/mol. The zero-order chi connectivity index (χ0) is 14.1. The Morgan fingerprint density at radius 2 is 2.10 bits per heavy atom. The van der Waals surface area contributed by atoms with Gasteiger partial charge in [-0.15, -0.1) is 11.3 Å². The summed E-state index contributed by atoms with van der Waals surface area (Å²) in [5.41, 5.74) is 8.43. The third-order valence-electron chi connectivity index (χ3n) is 3.17. The zero-order valence-electron chi connectivity index (χ0n) is 10.7. The predicted molar refractivity (Wildman–Crippen MR) is 77.2 cm³/mol. The summed E-state index contributed by atoms with van der Waals surface area (Å²) in [6.45, 7) is -0.0831. The van der Waals surface area contributed by atoms with Crippen LogP contribution in [0, 0.1) is 5.82 Å². The Hall–Kier alpha value is -1.76. The summed E-state index contributed by atoms with van der Waals surface area (Å²) in [5.74, 6) is -0.275. The lowest BCUT2D eigenvalue weighted by Gasteiger charge is -2.09. The second-order valence-electron chi connectivity index (χ2n) is 4.62. The number of benzene rings is 1. The third-order valence-corrected chi connectivity index (χ3v) is 3.93. The fourth-order valence-electron chi connectivity index (χ4n) is 2.18. The maximum Gasteiger partial charge on any atom is 0.194 e. The van der Waals surface area contributed by atoms with Crippen molar-refractivity contribution in [3.8, 4) is 11.3 Å². The summed E-state index contributed by atoms with van der Waals surface area (Å²) in [7, 11) is 0. The fourth-order valence-corrected chi connectivity index (χ4v) is 2.91. The molecule has 1 atom stereocenters. The van der Waals surface area contributed by atoms with E-state index in [1.807, 2.05) is 16.0 Å². The molecule has 2 aromatic heterocycles. The van der Waals surface area contributed by atoms with Gasteiger partial charge < -0.3 is 10.8 Å². The van der Waals surface area contributed by atoms with E-state index in [4.69, 9.17) is 10.8 Å². The minimum Gasteiger partial charge on any atom is -0.395 e. The summed E-state index contributed by atoms with van der Waals surface area (Å²) in [4.78, 5) is 5.45. The number of rotatable bonds is 4. The predicted octanol–water partition coefficient (Wildman–Crippen LogP) is 2.06. The van der Waals surface area contributed by atoms with Crippen molar-refractivity contribution in [1.29, 1.82) is 0 Å². The van der Waals surface area contributed by atoms with Gasteiger partial charge in [0.1, 0.15) is 5.82 Å². The molecule has 0 saturated carbocycles. The van der Waals surface area contributed by atoms with E-state index < -0.39 is 0 Å². The summed E-state index contributed by atoms with van der Waals surface area (Å²) in [6, 6.07) is 5.90. The molecule has 0 spiro atoms. The summed E-state index contributed by atoms with van der Waals surface area (Å²) >= 11 is 1.53. The fraction of sp³-hybridized carbons (Fsp3) is 0.214. The van der Waals surface area contributed by atoms with Crippen molar-refractivity contribution in [2.24, 2.45) is 5.73 Å². The highest BCUT2D eigenvalue weighted by Gasteiger charge is 2.17. The van der Waals surface area contributed by atoms with Gasteiger partial charge in [0.25, 0.3) is 0 Å². The number of aliphatic hydroxyl groups is 1. The van der Waals surface area contributed by atoms with E-state index in [9.17, 15) is 4.39 Å². The van der Waals surface area contributed by atoms with Crippen molar-refractivity contribution >= 4 is 16.3 Å². The van der Waals surface area contributed by atoms with E-state index >= 15 is 0 Å². The van der Waals surface area contributed by atoms with Crippen molar-refractivity contribution in [3.63, 3.8) is 0 Å². The minimum absolute atomic E-state index is 0.0831. The van der Waals surface area contributed by atoms with Gasteiger partial charge in [0.15, 0.2) is 4.96 Å². The van der Waals surface area contributed by atoms with Crippen LogP contribution in [0.4, 0.5) is 4.39 Å². The normalized spacial score (nSPS) is 12.9. The lowest BCUT2D eigenvalue weighted by molar-refractivity contribution is 0.264. The first-order chi connectivity index (χ1) is 9.69. The molecular weight excluding hydrogens is 277 g/mol. The number of fused-ring (bicyclic) bond motifs is 1. The number of nitrogens with two attached hydrogens (primary N) is 1. The second kappa shape index (κ2) is 5.32. The van der Waals surface area contributed by atoms with Crippen LogP contribution in [0.2, 0.25) is 0 Å². The molecule has 1 aromatic carbocycles. The van der Waals surface area contributed by atoms with E-state index in [0.717, 1.165) is 21.9 Å². The van der Waals surface area contributed by atoms with Crippen LogP contribution >= 0.6 is 11.3 Å². The summed E-state index contributed by atoms with van der Waals surface area (Å²) in [6.07, 6.45) is 2.45. The maximum atomic E-state index is 13.0. The number of hydrogen-bond donors (Lipinski definition) is 2.